The number of hydrogen-bond acceptors (Lipinski definition) is 4. The van der Waals surface area contributed by atoms with E-state index in [0.29, 0.717) is 0 Å². The van der Waals surface area contributed by atoms with Gasteiger partial charge in [0, 0.05) is 44.3 Å². The molecule has 1 aromatic carbocycles. The molecule has 1 N–H and O–H groups in total. The Morgan fingerprint density at radius 1 is 0.828 bits per heavy atom. The molecule has 0 spiro atoms. The van der Waals surface area contributed by atoms with Crippen molar-refractivity contribution < 1.29 is 44.3 Å². The molecule has 1 radical (unpaired) electrons. The van der Waals surface area contributed by atoms with Gasteiger partial charge in [0.2, 0.25) is 0 Å². The van der Waals surface area contributed by atoms with E-state index in [2.05, 4.69) is 64.4 Å². The molecule has 0 aliphatic heterocycles. The first kappa shape index (κ1) is 27.5. The Balaban J connectivity index is 0.00000261. The summed E-state index contributed by atoms with van der Waals surface area (Å²) in [5.74, 6) is 0. The van der Waals surface area contributed by atoms with Crippen molar-refractivity contribution in [1.29, 1.82) is 0 Å². The van der Waals surface area contributed by atoms with Crippen LogP contribution in [-0.4, -0.2) is 28.0 Å². The van der Waals surface area contributed by atoms with Crippen molar-refractivity contribution in [2.24, 2.45) is 0 Å². The zero-order valence-corrected chi connectivity index (χ0v) is 19.8. The number of halogens is 2. The second-order valence-corrected chi connectivity index (χ2v) is 6.60. The average molecular weight is 520 g/mol. The van der Waals surface area contributed by atoms with Gasteiger partial charge >= 0.3 is 19.5 Å². The molecule has 0 amide bonds. The van der Waals surface area contributed by atoms with Gasteiger partial charge in [-0.05, 0) is 49.7 Å². The summed E-state index contributed by atoms with van der Waals surface area (Å²) in [5.41, 5.74) is 5.93. The fraction of sp³-hybridized carbons (Fsp3) is 0.273. The molecule has 7 heteroatoms. The van der Waals surface area contributed by atoms with Crippen LogP contribution in [0.25, 0.3) is 0 Å². The number of nitrogens with one attached hydrogen (secondary N) is 1. The molecule has 0 unspecified atom stereocenters. The van der Waals surface area contributed by atoms with Crippen molar-refractivity contribution >= 4 is 5.69 Å². The number of nitrogens with zero attached hydrogens (tertiary/aromatic N) is 3. The van der Waals surface area contributed by atoms with Gasteiger partial charge in [0.25, 0.3) is 0 Å². The number of rotatable bonds is 8. The van der Waals surface area contributed by atoms with Gasteiger partial charge in [-0.25, -0.2) is 0 Å². The molecule has 3 aromatic rings. The Bertz CT molecular complexity index is 778. The average Bonchev–Trinajstić information content (AvgIpc) is 2.65. The van der Waals surface area contributed by atoms with E-state index in [1.54, 1.807) is 0 Å². The molecular weight excluding hydrogens is 494 g/mol. The van der Waals surface area contributed by atoms with Crippen LogP contribution in [0.15, 0.2) is 67.0 Å². The molecule has 0 saturated carbocycles. The van der Waals surface area contributed by atoms with Gasteiger partial charge in [0.1, 0.15) is 0 Å². The fourth-order valence-electron chi connectivity index (χ4n) is 3.02. The fourth-order valence-corrected chi connectivity index (χ4v) is 3.02. The van der Waals surface area contributed by atoms with Crippen molar-refractivity contribution in [2.75, 3.05) is 18.4 Å². The van der Waals surface area contributed by atoms with Crippen LogP contribution in [0.3, 0.4) is 0 Å². The van der Waals surface area contributed by atoms with Crippen molar-refractivity contribution in [3.63, 3.8) is 0 Å². The standard InChI is InChI=1S/C22H26N4.2ClH.Rh/c1-18-9-10-22(19(2)15-18)25-13-14-26(16-20-7-3-5-11-23-20)17-21-8-4-6-12-24-21;;;/h3-12,15,25H,13-14,16-17H2,1-2H3;2*1H;/q;;;+2/p-2. The topological polar surface area (TPSA) is 41.0 Å². The van der Waals surface area contributed by atoms with E-state index in [1.165, 1.54) is 16.8 Å². The molecule has 3 rings (SSSR count). The zero-order chi connectivity index (χ0) is 18.2. The second kappa shape index (κ2) is 14.5. The minimum atomic E-state index is 0. The van der Waals surface area contributed by atoms with E-state index in [1.807, 2.05) is 36.7 Å². The van der Waals surface area contributed by atoms with E-state index in [-0.39, 0.29) is 44.3 Å². The molecule has 0 aliphatic carbocycles. The number of hydrogen-bond donors (Lipinski definition) is 1. The minimum Gasteiger partial charge on any atom is -1.00 e. The molecule has 2 aromatic heterocycles. The van der Waals surface area contributed by atoms with Crippen molar-refractivity contribution in [1.82, 2.24) is 14.9 Å². The SMILES string of the molecule is Cc1ccc(NCCN(Cc2ccccn2)Cc2ccccn2)c(C)c1.[Cl-].[Cl-].[Rh+2]. The Morgan fingerprint density at radius 2 is 1.41 bits per heavy atom. The second-order valence-electron chi connectivity index (χ2n) is 6.60. The van der Waals surface area contributed by atoms with Gasteiger partial charge in [-0.15, -0.1) is 0 Å². The number of aromatic nitrogens is 2. The summed E-state index contributed by atoms with van der Waals surface area (Å²) in [5, 5.41) is 3.56. The van der Waals surface area contributed by atoms with Gasteiger partial charge in [-0.3, -0.25) is 14.9 Å². The predicted molar refractivity (Wildman–Crippen MR) is 107 cm³/mol. The van der Waals surface area contributed by atoms with E-state index in [0.717, 1.165) is 37.6 Å². The van der Waals surface area contributed by atoms with E-state index in [9.17, 15) is 0 Å². The van der Waals surface area contributed by atoms with E-state index >= 15 is 0 Å². The third-order valence-corrected chi connectivity index (χ3v) is 4.35. The maximum Gasteiger partial charge on any atom is 2.00 e. The molecule has 2 heterocycles. The summed E-state index contributed by atoms with van der Waals surface area (Å²) in [6.45, 7) is 7.69. The van der Waals surface area contributed by atoms with Crippen molar-refractivity contribution in [2.45, 2.75) is 26.9 Å². The Kier molecular flexibility index (Phi) is 13.7. The number of pyridine rings is 2. The maximum atomic E-state index is 4.47. The third-order valence-electron chi connectivity index (χ3n) is 4.35. The van der Waals surface area contributed by atoms with Gasteiger partial charge in [-0.2, -0.15) is 0 Å². The van der Waals surface area contributed by atoms with E-state index in [4.69, 9.17) is 0 Å². The maximum absolute atomic E-state index is 4.47. The van der Waals surface area contributed by atoms with Crippen LogP contribution < -0.4 is 30.1 Å². The molecule has 29 heavy (non-hydrogen) atoms. The zero-order valence-electron chi connectivity index (χ0n) is 16.6. The number of benzene rings is 1. The molecule has 0 bridgehead atoms. The monoisotopic (exact) mass is 519 g/mol. The molecule has 4 nitrogen and oxygen atoms in total. The van der Waals surface area contributed by atoms with Crippen LogP contribution >= 0.6 is 0 Å². The summed E-state index contributed by atoms with van der Waals surface area (Å²) in [6, 6.07) is 18.6. The predicted octanol–water partition coefficient (Wildman–Crippen LogP) is -1.79. The Hall–Kier alpha value is -1.52. The van der Waals surface area contributed by atoms with Gasteiger partial charge in [0.05, 0.1) is 11.4 Å². The van der Waals surface area contributed by atoms with Crippen LogP contribution in [0.2, 0.25) is 0 Å². The number of anilines is 1. The first-order valence-corrected chi connectivity index (χ1v) is 9.04. The summed E-state index contributed by atoms with van der Waals surface area (Å²) in [6.07, 6.45) is 3.70. The van der Waals surface area contributed by atoms with E-state index < -0.39 is 0 Å². The summed E-state index contributed by atoms with van der Waals surface area (Å²) < 4.78 is 0. The van der Waals surface area contributed by atoms with Gasteiger partial charge < -0.3 is 30.1 Å². The van der Waals surface area contributed by atoms with Crippen LogP contribution in [0.5, 0.6) is 0 Å². The van der Waals surface area contributed by atoms with Gasteiger partial charge in [0.15, 0.2) is 0 Å². The first-order valence-electron chi connectivity index (χ1n) is 9.04. The van der Waals surface area contributed by atoms with Crippen LogP contribution in [0.1, 0.15) is 22.5 Å². The quantitative estimate of drug-likeness (QED) is 0.357. The summed E-state index contributed by atoms with van der Waals surface area (Å²) >= 11 is 0. The largest absolute Gasteiger partial charge is 2.00 e. The molecule has 0 fully saturated rings. The summed E-state index contributed by atoms with van der Waals surface area (Å²) in [7, 11) is 0. The Labute approximate surface area is 199 Å². The minimum absolute atomic E-state index is 0. The number of aryl methyl sites for hydroxylation is 2. The van der Waals surface area contributed by atoms with Crippen molar-refractivity contribution in [3.8, 4) is 0 Å². The van der Waals surface area contributed by atoms with Gasteiger partial charge in [-0.1, -0.05) is 29.8 Å². The third kappa shape index (κ3) is 9.23. The van der Waals surface area contributed by atoms with Crippen LogP contribution in [0, 0.1) is 13.8 Å². The normalized spacial score (nSPS) is 9.76. The summed E-state index contributed by atoms with van der Waals surface area (Å²) in [4.78, 5) is 11.3. The van der Waals surface area contributed by atoms with Crippen LogP contribution in [0.4, 0.5) is 5.69 Å². The molecule has 0 saturated heterocycles. The smallest absolute Gasteiger partial charge is 1.00 e. The Morgan fingerprint density at radius 3 is 1.90 bits per heavy atom. The van der Waals surface area contributed by atoms with Crippen molar-refractivity contribution in [3.05, 3.63) is 89.5 Å². The molecule has 157 valence electrons. The molecule has 0 aliphatic rings. The molecular formula is C22H26Cl2N4Rh. The molecule has 0 atom stereocenters. The van der Waals surface area contributed by atoms with Crippen LogP contribution in [-0.2, 0) is 32.6 Å². The first-order chi connectivity index (χ1) is 12.7.